The van der Waals surface area contributed by atoms with E-state index >= 15 is 0 Å². The molecule has 0 N–H and O–H groups in total. The van der Waals surface area contributed by atoms with Gasteiger partial charge in [-0.1, -0.05) is 34.8 Å². The van der Waals surface area contributed by atoms with Crippen molar-refractivity contribution in [1.29, 1.82) is 0 Å². The molecule has 0 saturated carbocycles. The Morgan fingerprint density at radius 3 is 2.67 bits per heavy atom. The maximum atomic E-state index is 5.71. The Kier molecular flexibility index (Phi) is 4.93. The highest BCUT2D eigenvalue weighted by Gasteiger charge is 2.23. The summed E-state index contributed by atoms with van der Waals surface area (Å²) >= 11 is 17.1. The van der Waals surface area contributed by atoms with Gasteiger partial charge in [0.2, 0.25) is 9.67 Å². The van der Waals surface area contributed by atoms with Gasteiger partial charge < -0.3 is 9.47 Å². The Labute approximate surface area is 103 Å². The molecule has 1 rings (SSSR count). The summed E-state index contributed by atoms with van der Waals surface area (Å²) in [5, 5.41) is 0. The van der Waals surface area contributed by atoms with Crippen LogP contribution < -0.4 is 4.74 Å². The lowest BCUT2D eigenvalue weighted by Gasteiger charge is -2.12. The van der Waals surface area contributed by atoms with Crippen molar-refractivity contribution in [3.05, 3.63) is 23.9 Å². The Morgan fingerprint density at radius 1 is 1.33 bits per heavy atom. The topological polar surface area (TPSA) is 31.4 Å². The fraction of sp³-hybridized carbons (Fsp3) is 0.444. The molecule has 0 amide bonds. The van der Waals surface area contributed by atoms with Gasteiger partial charge in [-0.3, -0.25) is 0 Å². The van der Waals surface area contributed by atoms with Crippen LogP contribution in [0.2, 0.25) is 0 Å². The number of halogens is 3. The average Bonchev–Trinajstić information content (AvgIpc) is 2.17. The van der Waals surface area contributed by atoms with Gasteiger partial charge in [0.05, 0.1) is 6.61 Å². The van der Waals surface area contributed by atoms with E-state index in [1.165, 1.54) is 6.20 Å². The minimum atomic E-state index is -1.46. The molecule has 1 aromatic rings. The van der Waals surface area contributed by atoms with E-state index in [0.29, 0.717) is 24.7 Å². The van der Waals surface area contributed by atoms with Crippen LogP contribution in [0.15, 0.2) is 18.3 Å². The van der Waals surface area contributed by atoms with Crippen molar-refractivity contribution in [3.63, 3.8) is 0 Å². The maximum Gasteiger partial charge on any atom is 0.216 e. The third kappa shape index (κ3) is 4.43. The van der Waals surface area contributed by atoms with E-state index in [-0.39, 0.29) is 0 Å². The van der Waals surface area contributed by atoms with Crippen molar-refractivity contribution >= 4 is 34.8 Å². The number of pyridine rings is 1. The number of methoxy groups -OCH3 is 1. The van der Waals surface area contributed by atoms with Gasteiger partial charge >= 0.3 is 0 Å². The molecule has 0 radical (unpaired) electrons. The third-order valence-electron chi connectivity index (χ3n) is 1.60. The normalized spacial score (nSPS) is 11.5. The highest BCUT2D eigenvalue weighted by molar-refractivity contribution is 6.66. The van der Waals surface area contributed by atoms with Gasteiger partial charge in [-0.05, 0) is 6.07 Å². The average molecular weight is 271 g/mol. The lowest BCUT2D eigenvalue weighted by atomic mass is 10.3. The predicted molar refractivity (Wildman–Crippen MR) is 60.8 cm³/mol. The number of aromatic nitrogens is 1. The fourth-order valence-corrected chi connectivity index (χ4v) is 1.25. The molecule has 15 heavy (non-hydrogen) atoms. The van der Waals surface area contributed by atoms with Gasteiger partial charge in [0.25, 0.3) is 0 Å². The van der Waals surface area contributed by atoms with Crippen LogP contribution in [0.25, 0.3) is 0 Å². The maximum absolute atomic E-state index is 5.71. The summed E-state index contributed by atoms with van der Waals surface area (Å²) in [6.07, 6.45) is 1.53. The molecule has 0 aliphatic carbocycles. The number of nitrogens with zero attached hydrogens (tertiary/aromatic N) is 1. The summed E-state index contributed by atoms with van der Waals surface area (Å²) in [4.78, 5) is 3.97. The summed E-state index contributed by atoms with van der Waals surface area (Å²) in [6, 6.07) is 3.21. The van der Waals surface area contributed by atoms with Crippen LogP contribution in [0, 0.1) is 0 Å². The summed E-state index contributed by atoms with van der Waals surface area (Å²) in [5.41, 5.74) is 0.523. The molecule has 84 valence electrons. The third-order valence-corrected chi connectivity index (χ3v) is 2.25. The summed E-state index contributed by atoms with van der Waals surface area (Å²) in [7, 11) is 1.59. The minimum absolute atomic E-state index is 0.410. The molecule has 1 heterocycles. The van der Waals surface area contributed by atoms with E-state index in [1.54, 1.807) is 19.2 Å². The largest absolute Gasteiger partial charge is 0.475 e. The van der Waals surface area contributed by atoms with Crippen LogP contribution in [-0.2, 0) is 8.53 Å². The highest BCUT2D eigenvalue weighted by atomic mass is 35.6. The summed E-state index contributed by atoms with van der Waals surface area (Å²) < 4.78 is 8.64. The zero-order valence-electron chi connectivity index (χ0n) is 8.04. The number of hydrogen-bond donors (Lipinski definition) is 0. The molecular formula is C9H10Cl3NO2. The molecule has 1 aromatic heterocycles. The van der Waals surface area contributed by atoms with E-state index in [4.69, 9.17) is 44.3 Å². The molecule has 0 fully saturated rings. The molecule has 0 unspecified atom stereocenters. The first-order valence-corrected chi connectivity index (χ1v) is 5.32. The second-order valence-electron chi connectivity index (χ2n) is 2.72. The van der Waals surface area contributed by atoms with Crippen molar-refractivity contribution < 1.29 is 9.47 Å². The molecule has 0 aromatic carbocycles. The Hall–Kier alpha value is -0.220. The number of hydrogen-bond acceptors (Lipinski definition) is 3. The number of ether oxygens (including phenoxy) is 2. The van der Waals surface area contributed by atoms with Crippen LogP contribution in [0.4, 0.5) is 0 Å². The highest BCUT2D eigenvalue weighted by Crippen LogP contribution is 2.38. The van der Waals surface area contributed by atoms with Crippen LogP contribution in [0.5, 0.6) is 5.88 Å². The summed E-state index contributed by atoms with van der Waals surface area (Å²) in [5.74, 6) is 0.413. The van der Waals surface area contributed by atoms with E-state index in [0.717, 1.165) is 0 Å². The monoisotopic (exact) mass is 269 g/mol. The zero-order chi connectivity index (χ0) is 11.3. The van der Waals surface area contributed by atoms with Gasteiger partial charge in [-0.15, -0.1) is 0 Å². The Morgan fingerprint density at radius 2 is 2.07 bits per heavy atom. The van der Waals surface area contributed by atoms with Crippen molar-refractivity contribution in [1.82, 2.24) is 4.98 Å². The zero-order valence-corrected chi connectivity index (χ0v) is 10.3. The molecule has 0 bridgehead atoms. The number of rotatable bonds is 4. The number of alkyl halides is 3. The van der Waals surface area contributed by atoms with Crippen molar-refractivity contribution in [2.45, 2.75) is 3.79 Å². The van der Waals surface area contributed by atoms with Gasteiger partial charge in [-0.25, -0.2) is 4.98 Å². The van der Waals surface area contributed by atoms with Crippen LogP contribution in [0.3, 0.4) is 0 Å². The molecule has 3 nitrogen and oxygen atoms in total. The molecule has 0 saturated heterocycles. The molecule has 6 heteroatoms. The molecule has 0 aliphatic rings. The van der Waals surface area contributed by atoms with Gasteiger partial charge in [-0.2, -0.15) is 0 Å². The SMILES string of the molecule is COCCOc1cc(C(Cl)(Cl)Cl)ccn1. The van der Waals surface area contributed by atoms with Gasteiger partial charge in [0, 0.05) is 24.9 Å². The quantitative estimate of drug-likeness (QED) is 0.623. The van der Waals surface area contributed by atoms with E-state index in [2.05, 4.69) is 4.98 Å². The summed E-state index contributed by atoms with van der Waals surface area (Å²) in [6.45, 7) is 0.895. The van der Waals surface area contributed by atoms with E-state index < -0.39 is 3.79 Å². The van der Waals surface area contributed by atoms with Gasteiger partial charge in [0.15, 0.2) is 0 Å². The van der Waals surface area contributed by atoms with Crippen molar-refractivity contribution in [3.8, 4) is 5.88 Å². The minimum Gasteiger partial charge on any atom is -0.475 e. The smallest absolute Gasteiger partial charge is 0.216 e. The first-order chi connectivity index (χ1) is 7.04. The van der Waals surface area contributed by atoms with E-state index in [1.807, 2.05) is 0 Å². The predicted octanol–water partition coefficient (Wildman–Crippen LogP) is 2.93. The second kappa shape index (κ2) is 5.75. The van der Waals surface area contributed by atoms with Crippen LogP contribution >= 0.6 is 34.8 Å². The molecule has 0 atom stereocenters. The standard InChI is InChI=1S/C9H10Cl3NO2/c1-14-4-5-15-8-6-7(2-3-13-8)9(10,11)12/h2-3,6H,4-5H2,1H3. The molecule has 0 aliphatic heterocycles. The lowest BCUT2D eigenvalue weighted by molar-refractivity contribution is 0.143. The van der Waals surface area contributed by atoms with Crippen LogP contribution in [-0.4, -0.2) is 25.3 Å². The van der Waals surface area contributed by atoms with Gasteiger partial charge in [0.1, 0.15) is 6.61 Å². The fourth-order valence-electron chi connectivity index (χ4n) is 0.894. The first kappa shape index (κ1) is 12.8. The Bertz CT molecular complexity index is 314. The molecular weight excluding hydrogens is 260 g/mol. The van der Waals surface area contributed by atoms with Crippen molar-refractivity contribution in [2.24, 2.45) is 0 Å². The van der Waals surface area contributed by atoms with Crippen LogP contribution in [0.1, 0.15) is 5.56 Å². The van der Waals surface area contributed by atoms with E-state index in [9.17, 15) is 0 Å². The second-order valence-corrected chi connectivity index (χ2v) is 5.00. The molecule has 0 spiro atoms. The lowest BCUT2D eigenvalue weighted by Crippen LogP contribution is -2.07. The Balaban J connectivity index is 2.66. The van der Waals surface area contributed by atoms with Crippen molar-refractivity contribution in [2.75, 3.05) is 20.3 Å². The first-order valence-electron chi connectivity index (χ1n) is 4.19.